The van der Waals surface area contributed by atoms with E-state index >= 15 is 0 Å². The fourth-order valence-corrected chi connectivity index (χ4v) is 4.24. The second-order valence-electron chi connectivity index (χ2n) is 8.87. The molecule has 0 aliphatic carbocycles. The van der Waals surface area contributed by atoms with Crippen molar-refractivity contribution in [1.29, 1.82) is 0 Å². The first-order valence-corrected chi connectivity index (χ1v) is 11.3. The Balaban J connectivity index is 1.84. The van der Waals surface area contributed by atoms with Crippen LogP contribution in [0.25, 0.3) is 0 Å². The number of rotatable bonds is 5. The number of nitrogens with zero attached hydrogens (tertiary/aromatic N) is 4. The number of hydrogen-bond acceptors (Lipinski definition) is 5. The van der Waals surface area contributed by atoms with Crippen LogP contribution < -0.4 is 20.4 Å². The van der Waals surface area contributed by atoms with Crippen molar-refractivity contribution in [3.63, 3.8) is 0 Å². The highest BCUT2D eigenvalue weighted by atomic mass is 32.1. The van der Waals surface area contributed by atoms with Crippen LogP contribution in [0.15, 0.2) is 6.07 Å². The Morgan fingerprint density at radius 2 is 1.93 bits per heavy atom. The summed E-state index contributed by atoms with van der Waals surface area (Å²) in [7, 11) is 0. The number of nitrogens with one attached hydrogen (secondary N) is 2. The van der Waals surface area contributed by atoms with Gasteiger partial charge in [-0.3, -0.25) is 0 Å². The van der Waals surface area contributed by atoms with E-state index in [1.807, 2.05) is 0 Å². The van der Waals surface area contributed by atoms with Crippen molar-refractivity contribution in [3.05, 3.63) is 6.07 Å². The topological polar surface area (TPSA) is 56.3 Å². The maximum Gasteiger partial charge on any atom is 0.232 e. The van der Waals surface area contributed by atoms with E-state index in [1.54, 1.807) is 0 Å². The van der Waals surface area contributed by atoms with Gasteiger partial charge in [0.15, 0.2) is 5.11 Å². The van der Waals surface area contributed by atoms with Gasteiger partial charge in [0.2, 0.25) is 5.95 Å². The largest absolute Gasteiger partial charge is 0.362 e. The molecule has 1 aromatic heterocycles. The van der Waals surface area contributed by atoms with Crippen LogP contribution in [-0.4, -0.2) is 47.3 Å². The molecule has 0 aromatic carbocycles. The molecule has 156 valence electrons. The highest BCUT2D eigenvalue weighted by Crippen LogP contribution is 2.29. The molecular weight excluding hydrogens is 368 g/mol. The molecule has 0 amide bonds. The predicted molar refractivity (Wildman–Crippen MR) is 122 cm³/mol. The van der Waals surface area contributed by atoms with Crippen LogP contribution in [-0.2, 0) is 0 Å². The molecule has 2 N–H and O–H groups in total. The molecule has 6 nitrogen and oxygen atoms in total. The Hall–Kier alpha value is -1.63. The summed E-state index contributed by atoms with van der Waals surface area (Å²) in [4.78, 5) is 14.5. The van der Waals surface area contributed by atoms with Crippen molar-refractivity contribution >= 4 is 34.9 Å². The summed E-state index contributed by atoms with van der Waals surface area (Å²) in [5, 5.41) is 7.08. The Bertz CT molecular complexity index is 664. The lowest BCUT2D eigenvalue weighted by atomic mass is 10.0. The average Bonchev–Trinajstić information content (AvgIpc) is 2.66. The molecule has 0 bridgehead atoms. The molecule has 0 radical (unpaired) electrons. The zero-order valence-electron chi connectivity index (χ0n) is 17.9. The highest BCUT2D eigenvalue weighted by molar-refractivity contribution is 7.80. The van der Waals surface area contributed by atoms with Gasteiger partial charge in [0.1, 0.15) is 11.6 Å². The smallest absolute Gasteiger partial charge is 0.232 e. The molecule has 3 heterocycles. The summed E-state index contributed by atoms with van der Waals surface area (Å²) in [6, 6.07) is 2.69. The Morgan fingerprint density at radius 3 is 2.64 bits per heavy atom. The molecule has 2 saturated heterocycles. The summed E-state index contributed by atoms with van der Waals surface area (Å²) in [6.07, 6.45) is 6.26. The molecule has 7 heteroatoms. The molecule has 2 aliphatic heterocycles. The minimum absolute atomic E-state index is 0.510. The third-order valence-electron chi connectivity index (χ3n) is 5.67. The molecule has 2 atom stereocenters. The van der Waals surface area contributed by atoms with Gasteiger partial charge < -0.3 is 20.4 Å². The lowest BCUT2D eigenvalue weighted by molar-refractivity contribution is 0.444. The minimum atomic E-state index is 0.510. The van der Waals surface area contributed by atoms with Crippen molar-refractivity contribution < 1.29 is 0 Å². The number of anilines is 3. The molecule has 28 heavy (non-hydrogen) atoms. The zero-order valence-corrected chi connectivity index (χ0v) is 18.7. The number of thiocarbonyl (C=S) groups is 1. The number of hydrogen-bond donors (Lipinski definition) is 2. The summed E-state index contributed by atoms with van der Waals surface area (Å²) in [5.41, 5.74) is 0. The van der Waals surface area contributed by atoms with E-state index in [1.165, 1.54) is 32.1 Å². The monoisotopic (exact) mass is 404 g/mol. The van der Waals surface area contributed by atoms with E-state index in [0.29, 0.717) is 28.9 Å². The van der Waals surface area contributed by atoms with Crippen molar-refractivity contribution in [2.75, 3.05) is 41.3 Å². The Labute approximate surface area is 175 Å². The van der Waals surface area contributed by atoms with E-state index in [4.69, 9.17) is 22.2 Å². The predicted octanol–water partition coefficient (Wildman–Crippen LogP) is 4.03. The normalized spacial score (nSPS) is 23.0. The van der Waals surface area contributed by atoms with Crippen LogP contribution >= 0.6 is 12.2 Å². The van der Waals surface area contributed by atoms with E-state index < -0.39 is 0 Å². The second kappa shape index (κ2) is 9.72. The molecule has 0 unspecified atom stereocenters. The van der Waals surface area contributed by atoms with Crippen molar-refractivity contribution in [2.45, 2.75) is 65.8 Å². The van der Waals surface area contributed by atoms with Gasteiger partial charge >= 0.3 is 0 Å². The molecule has 1 aromatic rings. The summed E-state index contributed by atoms with van der Waals surface area (Å²) < 4.78 is 0. The first-order valence-electron chi connectivity index (χ1n) is 10.9. The number of aromatic nitrogens is 2. The lowest BCUT2D eigenvalue weighted by Crippen LogP contribution is -2.39. The van der Waals surface area contributed by atoms with Crippen molar-refractivity contribution in [3.8, 4) is 0 Å². The summed E-state index contributed by atoms with van der Waals surface area (Å²) >= 11 is 5.47. The van der Waals surface area contributed by atoms with Gasteiger partial charge in [-0.1, -0.05) is 20.8 Å². The maximum atomic E-state index is 5.47. The van der Waals surface area contributed by atoms with Gasteiger partial charge in [-0.05, 0) is 63.1 Å². The third kappa shape index (κ3) is 5.69. The standard InChI is InChI=1S/C21H36N6S/c1-15(2)13-22-21(28)25-20-23-18(26-10-7-8-16(3)14-26)12-19(24-20)27-11-6-5-9-17(27)4/h12,15-17H,5-11,13-14H2,1-4H3,(H2,22,23,24,25,28)/t16-,17-/m1/s1. The van der Waals surface area contributed by atoms with Crippen LogP contribution in [0.3, 0.4) is 0 Å². The van der Waals surface area contributed by atoms with Crippen molar-refractivity contribution in [2.24, 2.45) is 11.8 Å². The Kier molecular flexibility index (Phi) is 7.32. The van der Waals surface area contributed by atoms with Gasteiger partial charge in [0.25, 0.3) is 0 Å². The van der Waals surface area contributed by atoms with Gasteiger partial charge in [-0.15, -0.1) is 0 Å². The van der Waals surface area contributed by atoms with Gasteiger partial charge in [0, 0.05) is 38.3 Å². The van der Waals surface area contributed by atoms with Crippen molar-refractivity contribution in [1.82, 2.24) is 15.3 Å². The van der Waals surface area contributed by atoms with Gasteiger partial charge in [-0.25, -0.2) is 0 Å². The highest BCUT2D eigenvalue weighted by Gasteiger charge is 2.24. The molecule has 0 saturated carbocycles. The molecule has 2 aliphatic rings. The average molecular weight is 405 g/mol. The van der Waals surface area contributed by atoms with E-state index in [2.05, 4.69) is 54.2 Å². The van der Waals surface area contributed by atoms with Crippen LogP contribution in [0.2, 0.25) is 0 Å². The van der Waals surface area contributed by atoms with E-state index in [0.717, 1.165) is 37.8 Å². The maximum absolute atomic E-state index is 5.47. The zero-order chi connectivity index (χ0) is 20.1. The van der Waals surface area contributed by atoms with Crippen LogP contribution in [0.1, 0.15) is 59.8 Å². The second-order valence-corrected chi connectivity index (χ2v) is 9.28. The van der Waals surface area contributed by atoms with Gasteiger partial charge in [-0.2, -0.15) is 9.97 Å². The third-order valence-corrected chi connectivity index (χ3v) is 5.92. The lowest BCUT2D eigenvalue weighted by Gasteiger charge is -2.36. The quantitative estimate of drug-likeness (QED) is 0.719. The minimum Gasteiger partial charge on any atom is -0.362 e. The molecule has 0 spiro atoms. The molecular formula is C21H36N6S. The van der Waals surface area contributed by atoms with Crippen LogP contribution in [0, 0.1) is 11.8 Å². The summed E-state index contributed by atoms with van der Waals surface area (Å²) in [6.45, 7) is 13.0. The summed E-state index contributed by atoms with van der Waals surface area (Å²) in [5.74, 6) is 3.87. The van der Waals surface area contributed by atoms with Gasteiger partial charge in [0.05, 0.1) is 0 Å². The van der Waals surface area contributed by atoms with Crippen LogP contribution in [0.4, 0.5) is 17.6 Å². The fraction of sp³-hybridized carbons (Fsp3) is 0.762. The van der Waals surface area contributed by atoms with E-state index in [-0.39, 0.29) is 0 Å². The fourth-order valence-electron chi connectivity index (χ4n) is 4.07. The molecule has 2 fully saturated rings. The SMILES string of the molecule is CC(C)CNC(=S)Nc1nc(N2CCC[C@@H](C)C2)cc(N2CCCC[C@H]2C)n1. The first-order chi connectivity index (χ1) is 13.4. The Morgan fingerprint density at radius 1 is 1.14 bits per heavy atom. The number of piperidine rings is 2. The first kappa shape index (κ1) is 21.1. The van der Waals surface area contributed by atoms with Crippen LogP contribution in [0.5, 0.6) is 0 Å². The molecule has 3 rings (SSSR count). The van der Waals surface area contributed by atoms with E-state index in [9.17, 15) is 0 Å².